The Morgan fingerprint density at radius 3 is 2.88 bits per heavy atom. The normalized spacial score (nSPS) is 12.6. The van der Waals surface area contributed by atoms with Crippen LogP contribution in [0.3, 0.4) is 0 Å². The Morgan fingerprint density at radius 1 is 1.44 bits per heavy atom. The minimum Gasteiger partial charge on any atom is -0.329 e. The second-order valence-electron chi connectivity index (χ2n) is 3.40. The molecule has 1 heterocycles. The van der Waals surface area contributed by atoms with Gasteiger partial charge in [-0.3, -0.25) is 0 Å². The van der Waals surface area contributed by atoms with Crippen LogP contribution in [0.25, 0.3) is 0 Å². The molecule has 0 aliphatic rings. The van der Waals surface area contributed by atoms with Crippen LogP contribution in [-0.2, 0) is 0 Å². The predicted molar refractivity (Wildman–Crippen MR) is 68.7 cm³/mol. The first-order chi connectivity index (χ1) is 7.81. The van der Waals surface area contributed by atoms with E-state index in [2.05, 4.69) is 29.3 Å². The first-order valence-corrected chi connectivity index (χ1v) is 6.75. The third-order valence-corrected chi connectivity index (χ3v) is 4.41. The largest absolute Gasteiger partial charge is 0.329 e. The molecule has 0 aliphatic carbocycles. The summed E-state index contributed by atoms with van der Waals surface area (Å²) >= 11 is 3.23. The van der Waals surface area contributed by atoms with Crippen molar-refractivity contribution in [3.05, 3.63) is 40.9 Å². The molecule has 3 nitrogen and oxygen atoms in total. The molecule has 2 N–H and O–H groups in total. The monoisotopic (exact) mass is 251 g/mol. The summed E-state index contributed by atoms with van der Waals surface area (Å²) in [7, 11) is 0. The number of aromatic nitrogens is 2. The number of hydrogen-bond donors (Lipinski definition) is 1. The van der Waals surface area contributed by atoms with E-state index in [1.807, 2.05) is 12.1 Å². The first-order valence-electron chi connectivity index (χ1n) is 4.99. The van der Waals surface area contributed by atoms with Gasteiger partial charge in [-0.1, -0.05) is 47.4 Å². The van der Waals surface area contributed by atoms with Crippen molar-refractivity contribution in [2.45, 2.75) is 16.5 Å². The van der Waals surface area contributed by atoms with Crippen LogP contribution >= 0.6 is 23.1 Å². The van der Waals surface area contributed by atoms with Gasteiger partial charge in [0.2, 0.25) is 0 Å². The van der Waals surface area contributed by atoms with Gasteiger partial charge >= 0.3 is 0 Å². The van der Waals surface area contributed by atoms with E-state index in [4.69, 9.17) is 5.73 Å². The standard InChI is InChI=1S/C11H13N3S2/c1-8-4-2-3-5-9(8)10(6-12)16-11-14-13-7-15-11/h2-5,7,10H,6,12H2,1H3. The molecule has 0 radical (unpaired) electrons. The highest BCUT2D eigenvalue weighted by atomic mass is 32.2. The van der Waals surface area contributed by atoms with Crippen LogP contribution in [0.2, 0.25) is 0 Å². The topological polar surface area (TPSA) is 51.8 Å². The number of nitrogens with zero attached hydrogens (tertiary/aromatic N) is 2. The van der Waals surface area contributed by atoms with Gasteiger partial charge in [0.1, 0.15) is 5.51 Å². The van der Waals surface area contributed by atoms with E-state index >= 15 is 0 Å². The van der Waals surface area contributed by atoms with E-state index in [-0.39, 0.29) is 5.25 Å². The van der Waals surface area contributed by atoms with Crippen molar-refractivity contribution >= 4 is 23.1 Å². The molecule has 0 fully saturated rings. The fourth-order valence-corrected chi connectivity index (χ4v) is 3.33. The van der Waals surface area contributed by atoms with Crippen LogP contribution in [0.1, 0.15) is 16.4 Å². The van der Waals surface area contributed by atoms with Crippen LogP contribution in [0, 0.1) is 6.92 Å². The third kappa shape index (κ3) is 2.61. The summed E-state index contributed by atoms with van der Waals surface area (Å²) in [4.78, 5) is 0. The lowest BCUT2D eigenvalue weighted by Crippen LogP contribution is -2.10. The zero-order valence-corrected chi connectivity index (χ0v) is 10.6. The molecule has 0 saturated heterocycles. The molecule has 1 unspecified atom stereocenters. The first kappa shape index (κ1) is 11.6. The van der Waals surface area contributed by atoms with Gasteiger partial charge in [0, 0.05) is 11.8 Å². The van der Waals surface area contributed by atoms with Crippen molar-refractivity contribution < 1.29 is 0 Å². The van der Waals surface area contributed by atoms with E-state index in [1.165, 1.54) is 11.1 Å². The molecule has 0 aliphatic heterocycles. The lowest BCUT2D eigenvalue weighted by molar-refractivity contribution is 0.922. The predicted octanol–water partition coefficient (Wildman–Crippen LogP) is 2.64. The number of benzene rings is 1. The van der Waals surface area contributed by atoms with Crippen molar-refractivity contribution in [1.82, 2.24) is 10.2 Å². The average molecular weight is 251 g/mol. The molecule has 0 saturated carbocycles. The molecule has 16 heavy (non-hydrogen) atoms. The van der Waals surface area contributed by atoms with E-state index in [0.717, 1.165) is 4.34 Å². The third-order valence-electron chi connectivity index (χ3n) is 2.33. The molecule has 0 bridgehead atoms. The molecule has 0 amide bonds. The van der Waals surface area contributed by atoms with Crippen molar-refractivity contribution in [3.8, 4) is 0 Å². The summed E-state index contributed by atoms with van der Waals surface area (Å²) in [5, 5.41) is 8.13. The Hall–Kier alpha value is -0.910. The molecule has 84 valence electrons. The summed E-state index contributed by atoms with van der Waals surface area (Å²) in [6.45, 7) is 2.72. The van der Waals surface area contributed by atoms with Gasteiger partial charge in [-0.2, -0.15) is 0 Å². The molecule has 2 rings (SSSR count). The molecule has 2 aromatic rings. The number of rotatable bonds is 4. The Labute approximate surface area is 103 Å². The fraction of sp³-hybridized carbons (Fsp3) is 0.273. The van der Waals surface area contributed by atoms with E-state index in [0.29, 0.717) is 6.54 Å². The highest BCUT2D eigenvalue weighted by Crippen LogP contribution is 2.36. The molecule has 1 aromatic carbocycles. The van der Waals surface area contributed by atoms with Crippen LogP contribution in [0.5, 0.6) is 0 Å². The highest BCUT2D eigenvalue weighted by Gasteiger charge is 2.14. The SMILES string of the molecule is Cc1ccccc1C(CN)Sc1nncs1. The molecule has 0 spiro atoms. The van der Waals surface area contributed by atoms with Crippen LogP contribution in [-0.4, -0.2) is 16.7 Å². The van der Waals surface area contributed by atoms with Crippen molar-refractivity contribution in [3.63, 3.8) is 0 Å². The zero-order valence-electron chi connectivity index (χ0n) is 8.96. The summed E-state index contributed by atoms with van der Waals surface area (Å²) in [6.07, 6.45) is 0. The minimum atomic E-state index is 0.258. The summed E-state index contributed by atoms with van der Waals surface area (Å²) in [5.74, 6) is 0. The smallest absolute Gasteiger partial charge is 0.174 e. The Kier molecular flexibility index (Phi) is 3.93. The van der Waals surface area contributed by atoms with Crippen LogP contribution in [0.4, 0.5) is 0 Å². The molecular weight excluding hydrogens is 238 g/mol. The lowest BCUT2D eigenvalue weighted by Gasteiger charge is -2.15. The Balaban J connectivity index is 2.20. The summed E-state index contributed by atoms with van der Waals surface area (Å²) in [6, 6.07) is 8.33. The maximum absolute atomic E-state index is 5.83. The lowest BCUT2D eigenvalue weighted by atomic mass is 10.1. The quantitative estimate of drug-likeness (QED) is 0.849. The minimum absolute atomic E-state index is 0.258. The molecule has 1 aromatic heterocycles. The molecule has 5 heteroatoms. The average Bonchev–Trinajstić information content (AvgIpc) is 2.80. The van der Waals surface area contributed by atoms with Gasteiger partial charge in [0.25, 0.3) is 0 Å². The fourth-order valence-electron chi connectivity index (χ4n) is 1.52. The zero-order chi connectivity index (χ0) is 11.4. The maximum atomic E-state index is 5.83. The van der Waals surface area contributed by atoms with Gasteiger partial charge in [-0.05, 0) is 18.1 Å². The van der Waals surface area contributed by atoms with Crippen LogP contribution in [0.15, 0.2) is 34.1 Å². The number of thioether (sulfide) groups is 1. The van der Waals surface area contributed by atoms with Crippen molar-refractivity contribution in [2.24, 2.45) is 5.73 Å². The van der Waals surface area contributed by atoms with Gasteiger partial charge in [0.05, 0.1) is 0 Å². The summed E-state index contributed by atoms with van der Waals surface area (Å²) < 4.78 is 0.971. The van der Waals surface area contributed by atoms with Gasteiger partial charge in [-0.25, -0.2) is 0 Å². The van der Waals surface area contributed by atoms with Crippen LogP contribution < -0.4 is 5.73 Å². The second kappa shape index (κ2) is 5.43. The van der Waals surface area contributed by atoms with E-state index < -0.39 is 0 Å². The van der Waals surface area contributed by atoms with Gasteiger partial charge in [-0.15, -0.1) is 10.2 Å². The molecular formula is C11H13N3S2. The number of nitrogens with two attached hydrogens (primary N) is 1. The number of hydrogen-bond acceptors (Lipinski definition) is 5. The maximum Gasteiger partial charge on any atom is 0.174 e. The van der Waals surface area contributed by atoms with E-state index in [1.54, 1.807) is 28.6 Å². The Bertz CT molecular complexity index is 442. The van der Waals surface area contributed by atoms with E-state index in [9.17, 15) is 0 Å². The van der Waals surface area contributed by atoms with Gasteiger partial charge < -0.3 is 5.73 Å². The summed E-state index contributed by atoms with van der Waals surface area (Å²) in [5.41, 5.74) is 10.1. The highest BCUT2D eigenvalue weighted by molar-refractivity contribution is 8.01. The Morgan fingerprint density at radius 2 is 2.25 bits per heavy atom. The second-order valence-corrected chi connectivity index (χ2v) is 5.69. The molecule has 1 atom stereocenters. The van der Waals surface area contributed by atoms with Gasteiger partial charge in [0.15, 0.2) is 4.34 Å². The van der Waals surface area contributed by atoms with Crippen molar-refractivity contribution in [2.75, 3.05) is 6.54 Å². The number of aryl methyl sites for hydroxylation is 1. The van der Waals surface area contributed by atoms with Crippen molar-refractivity contribution in [1.29, 1.82) is 0 Å².